The molecule has 2 saturated heterocycles. The van der Waals surface area contributed by atoms with Gasteiger partial charge in [-0.25, -0.2) is 4.90 Å². The summed E-state index contributed by atoms with van der Waals surface area (Å²) in [5, 5.41) is 2.54. The number of anilines is 2. The molecule has 0 radical (unpaired) electrons. The van der Waals surface area contributed by atoms with E-state index in [1.54, 1.807) is 23.2 Å². The van der Waals surface area contributed by atoms with E-state index in [2.05, 4.69) is 5.32 Å². The van der Waals surface area contributed by atoms with Gasteiger partial charge in [0.25, 0.3) is 0 Å². The predicted octanol–water partition coefficient (Wildman–Crippen LogP) is 5.06. The standard InChI is InChI=1S/C30H22F3N3O4/c1-16(37)17-9-11-21(12-10-17)36-28(39)23-24(29(36)40)26(35-14-13-18-5-2-3-8-22(18)25(23)35)27(38)34-20-7-4-6-19(15-20)30(31,32)33/h2-15,23-26H,1H3,(H,34,38)/t23-,24+,25-,26-/m0/s1. The summed E-state index contributed by atoms with van der Waals surface area (Å²) in [5.41, 5.74) is 1.30. The molecule has 0 spiro atoms. The van der Waals surface area contributed by atoms with E-state index in [0.717, 1.165) is 28.2 Å². The Balaban J connectivity index is 1.40. The lowest BCUT2D eigenvalue weighted by atomic mass is 9.84. The van der Waals surface area contributed by atoms with Crippen LogP contribution < -0.4 is 10.2 Å². The fraction of sp³-hybridized carbons (Fsp3) is 0.200. The van der Waals surface area contributed by atoms with E-state index in [0.29, 0.717) is 5.56 Å². The lowest BCUT2D eigenvalue weighted by molar-refractivity contribution is -0.137. The summed E-state index contributed by atoms with van der Waals surface area (Å²) in [6, 6.07) is 15.9. The number of hydrogen-bond acceptors (Lipinski definition) is 5. The summed E-state index contributed by atoms with van der Waals surface area (Å²) < 4.78 is 39.8. The Morgan fingerprint density at radius 2 is 1.57 bits per heavy atom. The van der Waals surface area contributed by atoms with Crippen LogP contribution >= 0.6 is 0 Å². The van der Waals surface area contributed by atoms with E-state index in [4.69, 9.17) is 0 Å². The zero-order valence-electron chi connectivity index (χ0n) is 21.1. The number of carbonyl (C=O) groups is 4. The molecule has 1 N–H and O–H groups in total. The van der Waals surface area contributed by atoms with Gasteiger partial charge in [-0.3, -0.25) is 19.2 Å². The largest absolute Gasteiger partial charge is 0.416 e. The molecule has 0 aromatic heterocycles. The topological polar surface area (TPSA) is 86.8 Å². The molecule has 3 aliphatic heterocycles. The van der Waals surface area contributed by atoms with Crippen molar-refractivity contribution in [3.8, 4) is 0 Å². The third-order valence-corrected chi connectivity index (χ3v) is 7.72. The predicted molar refractivity (Wildman–Crippen MR) is 140 cm³/mol. The number of nitrogens with zero attached hydrogens (tertiary/aromatic N) is 2. The summed E-state index contributed by atoms with van der Waals surface area (Å²) in [4.78, 5) is 55.9. The first-order chi connectivity index (χ1) is 19.1. The number of carbonyl (C=O) groups excluding carboxylic acids is 4. The fourth-order valence-corrected chi connectivity index (χ4v) is 5.95. The number of hydrogen-bond donors (Lipinski definition) is 1. The average molecular weight is 546 g/mol. The molecule has 7 nitrogen and oxygen atoms in total. The molecule has 202 valence electrons. The van der Waals surface area contributed by atoms with Crippen molar-refractivity contribution in [2.24, 2.45) is 11.8 Å². The van der Waals surface area contributed by atoms with E-state index >= 15 is 0 Å². The summed E-state index contributed by atoms with van der Waals surface area (Å²) >= 11 is 0. The first kappa shape index (κ1) is 25.5. The van der Waals surface area contributed by atoms with Crippen LogP contribution in [0.2, 0.25) is 0 Å². The Hall–Kier alpha value is -4.73. The smallest absolute Gasteiger partial charge is 0.357 e. The highest BCUT2D eigenvalue weighted by molar-refractivity contribution is 6.24. The van der Waals surface area contributed by atoms with Crippen LogP contribution in [0.1, 0.15) is 40.0 Å². The van der Waals surface area contributed by atoms with Gasteiger partial charge < -0.3 is 10.2 Å². The maximum absolute atomic E-state index is 13.9. The third-order valence-electron chi connectivity index (χ3n) is 7.72. The van der Waals surface area contributed by atoms with E-state index < -0.39 is 53.4 Å². The van der Waals surface area contributed by atoms with Crippen molar-refractivity contribution >= 4 is 41.0 Å². The SMILES string of the molecule is CC(=O)c1ccc(N2C(=O)[C@@H]3[C@H](C2=O)[C@@H]2c4ccccc4C=CN2[C@@H]3C(=O)Nc2cccc(C(F)(F)F)c2)cc1. The highest BCUT2D eigenvalue weighted by Gasteiger charge is 2.64. The van der Waals surface area contributed by atoms with Gasteiger partial charge in [-0.05, 0) is 66.6 Å². The second kappa shape index (κ2) is 9.18. The summed E-state index contributed by atoms with van der Waals surface area (Å²) in [6.45, 7) is 1.40. The van der Waals surface area contributed by atoms with Crippen LogP contribution in [-0.4, -0.2) is 34.4 Å². The Morgan fingerprint density at radius 1 is 0.875 bits per heavy atom. The van der Waals surface area contributed by atoms with Gasteiger partial charge in [0.1, 0.15) is 6.04 Å². The number of imide groups is 1. The maximum atomic E-state index is 13.9. The van der Waals surface area contributed by atoms with Gasteiger partial charge >= 0.3 is 6.18 Å². The van der Waals surface area contributed by atoms with Gasteiger partial charge in [-0.1, -0.05) is 30.3 Å². The van der Waals surface area contributed by atoms with E-state index in [1.165, 1.54) is 43.3 Å². The van der Waals surface area contributed by atoms with Crippen LogP contribution in [0.15, 0.2) is 79.0 Å². The van der Waals surface area contributed by atoms with Crippen LogP contribution in [0.5, 0.6) is 0 Å². The molecule has 3 amide bonds. The van der Waals surface area contributed by atoms with Crippen molar-refractivity contribution in [1.29, 1.82) is 0 Å². The minimum Gasteiger partial charge on any atom is -0.357 e. The Bertz CT molecular complexity index is 1600. The Labute approximate surface area is 226 Å². The first-order valence-corrected chi connectivity index (χ1v) is 12.6. The molecule has 2 fully saturated rings. The number of halogens is 3. The molecule has 6 rings (SSSR count). The molecule has 3 heterocycles. The number of amides is 3. The lowest BCUT2D eigenvalue weighted by Crippen LogP contribution is -2.46. The lowest BCUT2D eigenvalue weighted by Gasteiger charge is -2.35. The number of nitrogens with one attached hydrogen (secondary N) is 1. The molecule has 0 bridgehead atoms. The van der Waals surface area contributed by atoms with E-state index in [9.17, 15) is 32.3 Å². The molecule has 4 atom stereocenters. The van der Waals surface area contributed by atoms with Gasteiger partial charge in [-0.2, -0.15) is 13.2 Å². The quantitative estimate of drug-likeness (QED) is 0.366. The van der Waals surface area contributed by atoms with Crippen LogP contribution in [0.25, 0.3) is 6.08 Å². The molecular weight excluding hydrogens is 523 g/mol. The van der Waals surface area contributed by atoms with Gasteiger partial charge in [0.2, 0.25) is 17.7 Å². The molecule has 3 aliphatic rings. The minimum absolute atomic E-state index is 0.0744. The number of Topliss-reactive ketones (excluding diaryl/α,β-unsaturated/α-hetero) is 1. The normalized spacial score (nSPS) is 23.1. The van der Waals surface area contributed by atoms with E-state index in [-0.39, 0.29) is 17.2 Å². The van der Waals surface area contributed by atoms with Gasteiger partial charge in [0.05, 0.1) is 29.1 Å². The zero-order chi connectivity index (χ0) is 28.3. The number of fused-ring (bicyclic) bond motifs is 5. The van der Waals surface area contributed by atoms with Crippen molar-refractivity contribution in [3.05, 3.63) is 101 Å². The molecule has 0 aliphatic carbocycles. The van der Waals surface area contributed by atoms with Crippen LogP contribution in [-0.2, 0) is 20.6 Å². The summed E-state index contributed by atoms with van der Waals surface area (Å²) in [7, 11) is 0. The molecule has 0 saturated carbocycles. The van der Waals surface area contributed by atoms with Crippen LogP contribution in [0.4, 0.5) is 24.5 Å². The monoisotopic (exact) mass is 545 g/mol. The third kappa shape index (κ3) is 3.98. The van der Waals surface area contributed by atoms with Gasteiger partial charge in [0.15, 0.2) is 5.78 Å². The Kier molecular flexibility index (Phi) is 5.86. The fourth-order valence-electron chi connectivity index (χ4n) is 5.95. The van der Waals surface area contributed by atoms with Crippen molar-refractivity contribution in [2.45, 2.75) is 25.2 Å². The first-order valence-electron chi connectivity index (χ1n) is 12.6. The molecule has 40 heavy (non-hydrogen) atoms. The Morgan fingerprint density at radius 3 is 2.27 bits per heavy atom. The molecule has 10 heteroatoms. The van der Waals surface area contributed by atoms with Crippen molar-refractivity contribution in [2.75, 3.05) is 10.2 Å². The second-order valence-corrected chi connectivity index (χ2v) is 10.0. The van der Waals surface area contributed by atoms with Crippen molar-refractivity contribution in [1.82, 2.24) is 4.90 Å². The van der Waals surface area contributed by atoms with E-state index in [1.807, 2.05) is 18.2 Å². The molecular formula is C30H22F3N3O4. The molecule has 0 unspecified atom stereocenters. The highest BCUT2D eigenvalue weighted by Crippen LogP contribution is 2.53. The van der Waals surface area contributed by atoms with Crippen LogP contribution in [0.3, 0.4) is 0 Å². The number of alkyl halides is 3. The highest BCUT2D eigenvalue weighted by atomic mass is 19.4. The summed E-state index contributed by atoms with van der Waals surface area (Å²) in [6.07, 6.45) is -1.16. The summed E-state index contributed by atoms with van der Waals surface area (Å²) in [5.74, 6) is -3.95. The minimum atomic E-state index is -4.60. The van der Waals surface area contributed by atoms with Gasteiger partial charge in [-0.15, -0.1) is 0 Å². The van der Waals surface area contributed by atoms with Crippen LogP contribution in [0, 0.1) is 11.8 Å². The average Bonchev–Trinajstić information content (AvgIpc) is 3.40. The zero-order valence-corrected chi connectivity index (χ0v) is 21.1. The van der Waals surface area contributed by atoms with Crippen molar-refractivity contribution < 1.29 is 32.3 Å². The second-order valence-electron chi connectivity index (χ2n) is 10.0. The number of rotatable bonds is 4. The van der Waals surface area contributed by atoms with Crippen molar-refractivity contribution in [3.63, 3.8) is 0 Å². The van der Waals surface area contributed by atoms with Gasteiger partial charge in [0, 0.05) is 17.5 Å². The molecule has 3 aromatic carbocycles. The number of benzene rings is 3. The molecule has 3 aromatic rings. The number of ketones is 1. The maximum Gasteiger partial charge on any atom is 0.416 e.